The minimum atomic E-state index is -0.0613. The van der Waals surface area contributed by atoms with Crippen molar-refractivity contribution < 1.29 is 0 Å². The number of rotatable bonds is 0. The Labute approximate surface area is 115 Å². The second-order valence-corrected chi connectivity index (χ2v) is 3.74. The van der Waals surface area contributed by atoms with Crippen LogP contribution in [0.25, 0.3) is 11.0 Å². The molecule has 15 heavy (non-hydrogen) atoms. The van der Waals surface area contributed by atoms with Crippen molar-refractivity contribution in [1.29, 1.82) is 0 Å². The average Bonchev–Trinajstić information content (AvgIpc) is 1.99. The Morgan fingerprint density at radius 3 is 2.67 bits per heavy atom. The van der Waals surface area contributed by atoms with E-state index in [9.17, 15) is 4.79 Å². The minimum absolute atomic E-state index is 0. The Balaban J connectivity index is 0.00000112. The summed E-state index contributed by atoms with van der Waals surface area (Å²) < 4.78 is 0. The zero-order chi connectivity index (χ0) is 10.3. The van der Waals surface area contributed by atoms with Gasteiger partial charge in [-0.05, 0) is 31.5 Å². The van der Waals surface area contributed by atoms with Crippen LogP contribution < -0.4 is 5.43 Å². The van der Waals surface area contributed by atoms with E-state index in [1.165, 1.54) is 6.07 Å². The second-order valence-electron chi connectivity index (χ2n) is 3.30. The van der Waals surface area contributed by atoms with Gasteiger partial charge < -0.3 is 17.6 Å². The Kier molecular flexibility index (Phi) is 3.89. The first-order chi connectivity index (χ1) is 6.58. The number of hydrogen-bond donors (Lipinski definition) is 1. The van der Waals surface area contributed by atoms with Crippen LogP contribution in [-0.2, 0) is 12.6 Å². The summed E-state index contributed by atoms with van der Waals surface area (Å²) in [5, 5.41) is 1.06. The van der Waals surface area contributed by atoms with Crippen LogP contribution in [0.2, 0.25) is 0 Å². The molecule has 1 N–H and O–H groups in total. The Morgan fingerprint density at radius 1 is 1.33 bits per heavy atom. The smallest absolute Gasteiger partial charge is 0.189 e. The fraction of sp³-hybridized carbons (Fsp3) is 0.200. The van der Waals surface area contributed by atoms with Crippen LogP contribution >= 0.6 is 0 Å². The van der Waals surface area contributed by atoms with E-state index in [0.717, 1.165) is 11.3 Å². The fourth-order valence-corrected chi connectivity index (χ4v) is 1.79. The van der Waals surface area contributed by atoms with Crippen molar-refractivity contribution in [3.63, 3.8) is 0 Å². The van der Waals surface area contributed by atoms with Gasteiger partial charge in [0.05, 0.1) is 5.39 Å². The first kappa shape index (κ1) is 12.6. The van der Waals surface area contributed by atoms with Gasteiger partial charge in [0.25, 0.3) is 0 Å². The molecule has 0 atom stereocenters. The summed E-state index contributed by atoms with van der Waals surface area (Å²) in [6.45, 7) is 3.79. The number of aromatic nitrogens is 2. The van der Waals surface area contributed by atoms with E-state index in [-0.39, 0.29) is 35.0 Å². The molecule has 0 unspecified atom stereocenters. The summed E-state index contributed by atoms with van der Waals surface area (Å²) in [7, 11) is 0. The molecule has 0 bridgehead atoms. The van der Waals surface area contributed by atoms with Crippen LogP contribution in [0.1, 0.15) is 11.3 Å². The van der Waals surface area contributed by atoms with Crippen LogP contribution in [0.3, 0.4) is 0 Å². The number of aromatic amines is 1. The molecule has 0 fully saturated rings. The molecule has 0 aliphatic heterocycles. The van der Waals surface area contributed by atoms with Crippen molar-refractivity contribution in [2.75, 3.05) is 0 Å². The quantitative estimate of drug-likeness (QED) is 0.542. The van der Waals surface area contributed by atoms with Gasteiger partial charge >= 0.3 is 0 Å². The molecule has 0 amide bonds. The molecule has 2 aromatic heterocycles. The van der Waals surface area contributed by atoms with E-state index in [4.69, 9.17) is 12.6 Å². The largest absolute Gasteiger partial charge is 0.762 e. The topological polar surface area (TPSA) is 45.8 Å². The maximum atomic E-state index is 11.6. The molecule has 1 radical (unpaired) electrons. The molecule has 3 nitrogen and oxygen atoms in total. The molecule has 0 aliphatic carbocycles. The molecule has 0 aromatic carbocycles. The molecule has 0 saturated carbocycles. The number of nitrogens with zero attached hydrogens (tertiary/aromatic N) is 1. The summed E-state index contributed by atoms with van der Waals surface area (Å²) in [4.78, 5) is 18.8. The summed E-state index contributed by atoms with van der Waals surface area (Å²) >= 11 is 4.92. The van der Waals surface area contributed by atoms with E-state index in [1.54, 1.807) is 0 Å². The molecular weight excluding hydrogens is 219 g/mol. The molecule has 5 heteroatoms. The van der Waals surface area contributed by atoms with Gasteiger partial charge in [0.2, 0.25) is 0 Å². The molecule has 2 heterocycles. The van der Waals surface area contributed by atoms with Crippen LogP contribution in [0.4, 0.5) is 0 Å². The van der Waals surface area contributed by atoms with Gasteiger partial charge in [0.15, 0.2) is 5.43 Å². The predicted molar refractivity (Wildman–Crippen MR) is 63.2 cm³/mol. The summed E-state index contributed by atoms with van der Waals surface area (Å²) in [6.07, 6.45) is 0. The van der Waals surface area contributed by atoms with E-state index < -0.39 is 0 Å². The molecule has 0 saturated heterocycles. The van der Waals surface area contributed by atoms with Crippen LogP contribution in [0.5, 0.6) is 0 Å². The first-order valence-corrected chi connectivity index (χ1v) is 4.67. The van der Waals surface area contributed by atoms with Crippen LogP contribution in [0.15, 0.2) is 22.0 Å². The van der Waals surface area contributed by atoms with E-state index in [0.29, 0.717) is 16.1 Å². The van der Waals surface area contributed by atoms with Crippen molar-refractivity contribution in [3.05, 3.63) is 33.6 Å². The number of H-pyrrole nitrogens is 1. The summed E-state index contributed by atoms with van der Waals surface area (Å²) in [6, 6.07) is 3.31. The average molecular weight is 228 g/mol. The number of fused-ring (bicyclic) bond motifs is 1. The van der Waals surface area contributed by atoms with E-state index in [1.807, 2.05) is 19.9 Å². The maximum absolute atomic E-state index is 11.6. The van der Waals surface area contributed by atoms with Crippen LogP contribution in [0, 0.1) is 13.8 Å². The van der Waals surface area contributed by atoms with Gasteiger partial charge in [-0.15, -0.1) is 5.03 Å². The van der Waals surface area contributed by atoms with E-state index >= 15 is 0 Å². The molecule has 73 valence electrons. The standard InChI is InChI=1S/C10H10N2OS.Na/c1-5-3-6(2)11-10-9(5)7(13)4-8(14)12-10;/h3-4H,1-2H3,(H2,11,12,13,14);/p-1. The first-order valence-electron chi connectivity index (χ1n) is 4.26. The molecule has 0 spiro atoms. The van der Waals surface area contributed by atoms with Gasteiger partial charge in [-0.3, -0.25) is 4.79 Å². The van der Waals surface area contributed by atoms with Gasteiger partial charge in [-0.1, -0.05) is 0 Å². The summed E-state index contributed by atoms with van der Waals surface area (Å²) in [5.41, 5.74) is 2.34. The monoisotopic (exact) mass is 228 g/mol. The molecular formula is C10H9N2NaOS-. The third kappa shape index (κ3) is 2.39. The SMILES string of the molecule is Cc1cc(C)c2c(=O)cc([S-])[nH]c2n1.[Na]. The number of hydrogen-bond acceptors (Lipinski definition) is 3. The van der Waals surface area contributed by atoms with Gasteiger partial charge in [0, 0.05) is 35.3 Å². The maximum Gasteiger partial charge on any atom is 0.189 e. The Morgan fingerprint density at radius 2 is 2.00 bits per heavy atom. The normalized spacial score (nSPS) is 10.0. The minimum Gasteiger partial charge on any atom is -0.762 e. The van der Waals surface area contributed by atoms with Crippen molar-refractivity contribution in [2.45, 2.75) is 18.9 Å². The van der Waals surface area contributed by atoms with Gasteiger partial charge in [0.1, 0.15) is 5.65 Å². The zero-order valence-corrected chi connectivity index (χ0v) is 11.7. The number of aryl methyl sites for hydroxylation is 2. The zero-order valence-electron chi connectivity index (χ0n) is 8.92. The van der Waals surface area contributed by atoms with E-state index in [2.05, 4.69) is 9.97 Å². The van der Waals surface area contributed by atoms with Gasteiger partial charge in [-0.2, -0.15) is 0 Å². The summed E-state index contributed by atoms with van der Waals surface area (Å²) in [5.74, 6) is 0. The molecule has 2 aromatic rings. The van der Waals surface area contributed by atoms with Crippen molar-refractivity contribution in [2.24, 2.45) is 0 Å². The van der Waals surface area contributed by atoms with Crippen molar-refractivity contribution in [1.82, 2.24) is 9.97 Å². The Hall–Kier alpha value is -0.420. The van der Waals surface area contributed by atoms with Crippen molar-refractivity contribution >= 4 is 53.2 Å². The van der Waals surface area contributed by atoms with Crippen LogP contribution in [-0.4, -0.2) is 39.5 Å². The van der Waals surface area contributed by atoms with Crippen molar-refractivity contribution in [3.8, 4) is 0 Å². The third-order valence-corrected chi connectivity index (χ3v) is 2.31. The number of pyridine rings is 2. The molecule has 2 rings (SSSR count). The second kappa shape index (κ2) is 4.61. The molecule has 0 aliphatic rings. The predicted octanol–water partition coefficient (Wildman–Crippen LogP) is 1.06. The fourth-order valence-electron chi connectivity index (χ4n) is 1.58. The van der Waals surface area contributed by atoms with Gasteiger partial charge in [-0.25, -0.2) is 4.98 Å². The number of nitrogens with one attached hydrogen (secondary N) is 1. The third-order valence-electron chi connectivity index (χ3n) is 2.09. The Bertz CT molecular complexity index is 560.